The first-order valence-electron chi connectivity index (χ1n) is 6.95. The Bertz CT molecular complexity index is 602. The SMILES string of the molecule is Cc1ccc(S(=O)(=O)N[C@H](CO)CC(=O)OC(C)(C)C)cc1. The van der Waals surface area contributed by atoms with Gasteiger partial charge in [-0.1, -0.05) is 17.7 Å². The second kappa shape index (κ2) is 7.21. The molecule has 0 aliphatic carbocycles. The van der Waals surface area contributed by atoms with Crippen LogP contribution in [0.15, 0.2) is 29.2 Å². The highest BCUT2D eigenvalue weighted by Gasteiger charge is 2.24. The summed E-state index contributed by atoms with van der Waals surface area (Å²) in [6.07, 6.45) is -0.237. The number of hydrogen-bond donors (Lipinski definition) is 2. The number of rotatable bonds is 6. The van der Waals surface area contributed by atoms with Crippen LogP contribution in [0.1, 0.15) is 32.8 Å². The van der Waals surface area contributed by atoms with Gasteiger partial charge in [0.2, 0.25) is 10.0 Å². The number of aryl methyl sites for hydroxylation is 1. The van der Waals surface area contributed by atoms with Crippen molar-refractivity contribution in [2.24, 2.45) is 0 Å². The van der Waals surface area contributed by atoms with Crippen LogP contribution in [0.5, 0.6) is 0 Å². The van der Waals surface area contributed by atoms with E-state index in [2.05, 4.69) is 4.72 Å². The van der Waals surface area contributed by atoms with E-state index in [0.717, 1.165) is 5.56 Å². The number of aliphatic hydroxyl groups excluding tert-OH is 1. The standard InChI is InChI=1S/C15H23NO5S/c1-11-5-7-13(8-6-11)22(19,20)16-12(10-17)9-14(18)21-15(2,3)4/h5-8,12,16-17H,9-10H2,1-4H3/t12-/m0/s1. The van der Waals surface area contributed by atoms with Gasteiger partial charge in [-0.3, -0.25) is 4.79 Å². The van der Waals surface area contributed by atoms with E-state index < -0.39 is 34.2 Å². The van der Waals surface area contributed by atoms with Crippen LogP contribution in [-0.4, -0.2) is 37.7 Å². The van der Waals surface area contributed by atoms with Gasteiger partial charge in [0.1, 0.15) is 5.60 Å². The molecular weight excluding hydrogens is 306 g/mol. The minimum Gasteiger partial charge on any atom is -0.460 e. The van der Waals surface area contributed by atoms with E-state index in [1.165, 1.54) is 12.1 Å². The highest BCUT2D eigenvalue weighted by molar-refractivity contribution is 7.89. The predicted octanol–water partition coefficient (Wildman–Crippen LogP) is 1.37. The third-order valence-electron chi connectivity index (χ3n) is 2.71. The van der Waals surface area contributed by atoms with Crippen molar-refractivity contribution in [2.75, 3.05) is 6.61 Å². The van der Waals surface area contributed by atoms with Gasteiger partial charge in [-0.05, 0) is 39.8 Å². The Kier molecular flexibility index (Phi) is 6.10. The summed E-state index contributed by atoms with van der Waals surface area (Å²) < 4.78 is 31.8. The number of nitrogens with one attached hydrogen (secondary N) is 1. The third-order valence-corrected chi connectivity index (χ3v) is 4.24. The van der Waals surface area contributed by atoms with Crippen LogP contribution in [0, 0.1) is 6.92 Å². The normalized spacial score (nSPS) is 13.7. The monoisotopic (exact) mass is 329 g/mol. The lowest BCUT2D eigenvalue weighted by Crippen LogP contribution is -2.40. The van der Waals surface area contributed by atoms with E-state index in [-0.39, 0.29) is 11.3 Å². The van der Waals surface area contributed by atoms with E-state index in [4.69, 9.17) is 4.74 Å². The van der Waals surface area contributed by atoms with Gasteiger partial charge in [0, 0.05) is 0 Å². The number of carbonyl (C=O) groups excluding carboxylic acids is 1. The van der Waals surface area contributed by atoms with E-state index >= 15 is 0 Å². The largest absolute Gasteiger partial charge is 0.460 e. The molecule has 0 aromatic heterocycles. The first-order chi connectivity index (χ1) is 10.0. The van der Waals surface area contributed by atoms with E-state index in [1.807, 2.05) is 6.92 Å². The summed E-state index contributed by atoms with van der Waals surface area (Å²) in [5, 5.41) is 9.29. The van der Waals surface area contributed by atoms with Crippen molar-refractivity contribution < 1.29 is 23.1 Å². The van der Waals surface area contributed by atoms with Crippen LogP contribution in [0.3, 0.4) is 0 Å². The van der Waals surface area contributed by atoms with Gasteiger partial charge < -0.3 is 9.84 Å². The zero-order chi connectivity index (χ0) is 17.0. The Balaban J connectivity index is 2.76. The molecule has 0 spiro atoms. The molecule has 1 aromatic carbocycles. The lowest BCUT2D eigenvalue weighted by molar-refractivity contribution is -0.155. The summed E-state index contributed by atoms with van der Waals surface area (Å²) in [7, 11) is -3.80. The number of benzene rings is 1. The number of esters is 1. The third kappa shape index (κ3) is 6.13. The molecule has 1 atom stereocenters. The Morgan fingerprint density at radius 2 is 1.82 bits per heavy atom. The van der Waals surface area contributed by atoms with Gasteiger partial charge in [0.05, 0.1) is 24.0 Å². The van der Waals surface area contributed by atoms with Crippen LogP contribution in [0.2, 0.25) is 0 Å². The van der Waals surface area contributed by atoms with Crippen LogP contribution < -0.4 is 4.72 Å². The van der Waals surface area contributed by atoms with Crippen LogP contribution in [0.25, 0.3) is 0 Å². The molecular formula is C15H23NO5S. The maximum absolute atomic E-state index is 12.2. The molecule has 22 heavy (non-hydrogen) atoms. The minimum atomic E-state index is -3.80. The number of carbonyl (C=O) groups is 1. The fourth-order valence-electron chi connectivity index (χ4n) is 1.73. The maximum atomic E-state index is 12.2. The van der Waals surface area contributed by atoms with Crippen molar-refractivity contribution in [1.82, 2.24) is 4.72 Å². The summed E-state index contributed by atoms with van der Waals surface area (Å²) in [5.41, 5.74) is 0.277. The first kappa shape index (κ1) is 18.6. The molecule has 0 saturated heterocycles. The van der Waals surface area contributed by atoms with Crippen molar-refractivity contribution in [3.8, 4) is 0 Å². The molecule has 7 heteroatoms. The number of ether oxygens (including phenoxy) is 1. The first-order valence-corrected chi connectivity index (χ1v) is 8.43. The molecule has 0 fully saturated rings. The molecule has 2 N–H and O–H groups in total. The molecule has 0 unspecified atom stereocenters. The van der Waals surface area contributed by atoms with Crippen molar-refractivity contribution in [2.45, 2.75) is 50.7 Å². The van der Waals surface area contributed by atoms with Gasteiger partial charge >= 0.3 is 5.97 Å². The Morgan fingerprint density at radius 3 is 2.27 bits per heavy atom. The second-order valence-electron chi connectivity index (χ2n) is 6.10. The van der Waals surface area contributed by atoms with Gasteiger partial charge in [-0.2, -0.15) is 0 Å². The van der Waals surface area contributed by atoms with Crippen molar-refractivity contribution in [3.05, 3.63) is 29.8 Å². The molecule has 0 aliphatic rings. The number of hydrogen-bond acceptors (Lipinski definition) is 5. The van der Waals surface area contributed by atoms with Gasteiger partial charge in [0.25, 0.3) is 0 Å². The minimum absolute atomic E-state index is 0.0840. The zero-order valence-electron chi connectivity index (χ0n) is 13.3. The molecule has 0 amide bonds. The summed E-state index contributed by atoms with van der Waals surface area (Å²) in [5.74, 6) is -0.571. The lowest BCUT2D eigenvalue weighted by atomic mass is 10.2. The summed E-state index contributed by atoms with van der Waals surface area (Å²) in [4.78, 5) is 11.8. The Labute approximate surface area is 131 Å². The predicted molar refractivity (Wildman–Crippen MR) is 82.8 cm³/mol. The Hall–Kier alpha value is -1.44. The quantitative estimate of drug-likeness (QED) is 0.769. The summed E-state index contributed by atoms with van der Waals surface area (Å²) in [6, 6.07) is 5.37. The van der Waals surface area contributed by atoms with Gasteiger partial charge in [0.15, 0.2) is 0 Å². The van der Waals surface area contributed by atoms with Crippen LogP contribution in [-0.2, 0) is 19.6 Å². The summed E-state index contributed by atoms with van der Waals surface area (Å²) in [6.45, 7) is 6.51. The van der Waals surface area contributed by atoms with Crippen molar-refractivity contribution in [3.63, 3.8) is 0 Å². The molecule has 1 aromatic rings. The lowest BCUT2D eigenvalue weighted by Gasteiger charge is -2.22. The van der Waals surface area contributed by atoms with E-state index in [1.54, 1.807) is 32.9 Å². The van der Waals surface area contributed by atoms with E-state index in [9.17, 15) is 18.3 Å². The molecule has 0 aliphatic heterocycles. The fourth-order valence-corrected chi connectivity index (χ4v) is 2.96. The molecule has 0 heterocycles. The number of sulfonamides is 1. The van der Waals surface area contributed by atoms with E-state index in [0.29, 0.717) is 0 Å². The summed E-state index contributed by atoms with van der Waals surface area (Å²) >= 11 is 0. The highest BCUT2D eigenvalue weighted by atomic mass is 32.2. The molecule has 1 rings (SSSR count). The Morgan fingerprint density at radius 1 is 1.27 bits per heavy atom. The number of aliphatic hydroxyl groups is 1. The van der Waals surface area contributed by atoms with Gasteiger partial charge in [-0.15, -0.1) is 0 Å². The molecule has 0 saturated carbocycles. The van der Waals surface area contributed by atoms with Crippen molar-refractivity contribution >= 4 is 16.0 Å². The average molecular weight is 329 g/mol. The molecule has 0 bridgehead atoms. The van der Waals surface area contributed by atoms with Gasteiger partial charge in [-0.25, -0.2) is 13.1 Å². The highest BCUT2D eigenvalue weighted by Crippen LogP contribution is 2.13. The van der Waals surface area contributed by atoms with Crippen LogP contribution >= 0.6 is 0 Å². The molecule has 124 valence electrons. The zero-order valence-corrected chi connectivity index (χ0v) is 14.1. The topological polar surface area (TPSA) is 92.7 Å². The molecule has 6 nitrogen and oxygen atoms in total. The maximum Gasteiger partial charge on any atom is 0.308 e. The average Bonchev–Trinajstić information content (AvgIpc) is 2.35. The van der Waals surface area contributed by atoms with Crippen molar-refractivity contribution in [1.29, 1.82) is 0 Å². The van der Waals surface area contributed by atoms with Crippen LogP contribution in [0.4, 0.5) is 0 Å². The smallest absolute Gasteiger partial charge is 0.308 e. The molecule has 0 radical (unpaired) electrons. The second-order valence-corrected chi connectivity index (χ2v) is 7.82. The fraction of sp³-hybridized carbons (Fsp3) is 0.533.